The molecule has 1 aliphatic heterocycles. The number of hydrogen-bond acceptors (Lipinski definition) is 5. The van der Waals surface area contributed by atoms with E-state index in [1.807, 2.05) is 29.2 Å². The van der Waals surface area contributed by atoms with Crippen molar-refractivity contribution in [1.82, 2.24) is 4.98 Å². The van der Waals surface area contributed by atoms with E-state index in [4.69, 9.17) is 4.42 Å². The number of aromatic nitrogens is 1. The molecule has 1 aliphatic rings. The van der Waals surface area contributed by atoms with Crippen LogP contribution >= 0.6 is 0 Å². The van der Waals surface area contributed by atoms with Crippen LogP contribution in [0.2, 0.25) is 0 Å². The Morgan fingerprint density at radius 1 is 1.10 bits per heavy atom. The van der Waals surface area contributed by atoms with Gasteiger partial charge in [0.2, 0.25) is 5.91 Å². The zero-order valence-corrected chi connectivity index (χ0v) is 15.3. The summed E-state index contributed by atoms with van der Waals surface area (Å²) < 4.78 is 46.2. The highest BCUT2D eigenvalue weighted by Crippen LogP contribution is 2.28. The molecule has 1 aromatic heterocycles. The number of nitrogens with one attached hydrogen (secondary N) is 1. The quantitative estimate of drug-likeness (QED) is 0.688. The molecule has 3 aromatic rings. The molecule has 4 rings (SSSR count). The maximum atomic E-state index is 12.5. The summed E-state index contributed by atoms with van der Waals surface area (Å²) in [7, 11) is 0. The predicted molar refractivity (Wildman–Crippen MR) is 101 cm³/mol. The normalized spacial score (nSPS) is 15.5. The molecule has 1 amide bonds. The summed E-state index contributed by atoms with van der Waals surface area (Å²) in [6, 6.07) is 13.2. The van der Waals surface area contributed by atoms with E-state index < -0.39 is 6.36 Å². The first-order valence-electron chi connectivity index (χ1n) is 9.14. The molecule has 2 heterocycles. The monoisotopic (exact) mass is 405 g/mol. The Hall–Kier alpha value is -3.23. The molecule has 0 atom stereocenters. The highest BCUT2D eigenvalue weighted by atomic mass is 19.4. The Kier molecular flexibility index (Phi) is 5.04. The van der Waals surface area contributed by atoms with Crippen molar-refractivity contribution < 1.29 is 27.1 Å². The topological polar surface area (TPSA) is 67.6 Å². The van der Waals surface area contributed by atoms with E-state index in [-0.39, 0.29) is 17.6 Å². The number of rotatable bonds is 4. The SMILES string of the molecule is O=C(Nc1ccc(OC(F)(F)F)cc1)C1CCN(c2nc3ccccc3o2)CC1. The summed E-state index contributed by atoms with van der Waals surface area (Å²) in [5.41, 5.74) is 1.94. The number of fused-ring (bicyclic) bond motifs is 1. The maximum absolute atomic E-state index is 12.5. The van der Waals surface area contributed by atoms with Gasteiger partial charge in [0, 0.05) is 24.7 Å². The van der Waals surface area contributed by atoms with Gasteiger partial charge in [0.15, 0.2) is 5.58 Å². The van der Waals surface area contributed by atoms with Crippen LogP contribution in [-0.4, -0.2) is 30.3 Å². The van der Waals surface area contributed by atoms with E-state index in [9.17, 15) is 18.0 Å². The van der Waals surface area contributed by atoms with Crippen molar-refractivity contribution in [2.75, 3.05) is 23.3 Å². The minimum atomic E-state index is -4.74. The van der Waals surface area contributed by atoms with Crippen molar-refractivity contribution in [2.24, 2.45) is 5.92 Å². The highest BCUT2D eigenvalue weighted by Gasteiger charge is 2.31. The second-order valence-corrected chi connectivity index (χ2v) is 6.79. The molecular formula is C20H18F3N3O3. The fourth-order valence-electron chi connectivity index (χ4n) is 3.31. The molecule has 1 saturated heterocycles. The first-order chi connectivity index (χ1) is 13.9. The van der Waals surface area contributed by atoms with Gasteiger partial charge in [-0.1, -0.05) is 12.1 Å². The molecule has 0 aliphatic carbocycles. The lowest BCUT2D eigenvalue weighted by Gasteiger charge is -2.30. The van der Waals surface area contributed by atoms with Gasteiger partial charge in [0.05, 0.1) is 0 Å². The number of halogens is 3. The Morgan fingerprint density at radius 2 is 1.79 bits per heavy atom. The van der Waals surface area contributed by atoms with Gasteiger partial charge in [-0.2, -0.15) is 4.98 Å². The molecule has 6 nitrogen and oxygen atoms in total. The van der Waals surface area contributed by atoms with E-state index >= 15 is 0 Å². The third-order valence-corrected chi connectivity index (χ3v) is 4.77. The molecule has 2 aromatic carbocycles. The van der Waals surface area contributed by atoms with Gasteiger partial charge in [-0.05, 0) is 49.2 Å². The van der Waals surface area contributed by atoms with Crippen LogP contribution in [0.15, 0.2) is 52.9 Å². The van der Waals surface area contributed by atoms with Crippen LogP contribution in [0.25, 0.3) is 11.1 Å². The van der Waals surface area contributed by atoms with E-state index in [0.29, 0.717) is 37.6 Å². The van der Waals surface area contributed by atoms with Crippen molar-refractivity contribution in [3.63, 3.8) is 0 Å². The van der Waals surface area contributed by atoms with Crippen molar-refractivity contribution in [3.8, 4) is 5.75 Å². The van der Waals surface area contributed by atoms with Gasteiger partial charge in [-0.25, -0.2) is 0 Å². The number of carbonyl (C=O) groups excluding carboxylic acids is 1. The lowest BCUT2D eigenvalue weighted by molar-refractivity contribution is -0.274. The average molecular weight is 405 g/mol. The van der Waals surface area contributed by atoms with Gasteiger partial charge >= 0.3 is 6.36 Å². The zero-order valence-electron chi connectivity index (χ0n) is 15.3. The van der Waals surface area contributed by atoms with Gasteiger partial charge < -0.3 is 19.4 Å². The fraction of sp³-hybridized carbons (Fsp3) is 0.300. The third kappa shape index (κ3) is 4.61. The first kappa shape index (κ1) is 19.1. The minimum Gasteiger partial charge on any atom is -0.423 e. The molecule has 0 bridgehead atoms. The molecule has 0 radical (unpaired) electrons. The molecule has 29 heavy (non-hydrogen) atoms. The summed E-state index contributed by atoms with van der Waals surface area (Å²) in [4.78, 5) is 19.0. The number of benzene rings is 2. The van der Waals surface area contributed by atoms with Crippen LogP contribution in [0.1, 0.15) is 12.8 Å². The lowest BCUT2D eigenvalue weighted by atomic mass is 9.96. The van der Waals surface area contributed by atoms with Crippen LogP contribution in [0, 0.1) is 5.92 Å². The van der Waals surface area contributed by atoms with Crippen LogP contribution < -0.4 is 15.0 Å². The molecule has 1 fully saturated rings. The van der Waals surface area contributed by atoms with Gasteiger partial charge in [0.1, 0.15) is 11.3 Å². The molecule has 0 spiro atoms. The second-order valence-electron chi connectivity index (χ2n) is 6.79. The number of nitrogens with zero attached hydrogens (tertiary/aromatic N) is 2. The summed E-state index contributed by atoms with van der Waals surface area (Å²) in [5, 5.41) is 2.74. The highest BCUT2D eigenvalue weighted by molar-refractivity contribution is 5.92. The number of para-hydroxylation sites is 2. The molecule has 1 N–H and O–H groups in total. The standard InChI is InChI=1S/C20H18F3N3O3/c21-20(22,23)29-15-7-5-14(6-8-15)24-18(27)13-9-11-26(12-10-13)19-25-16-3-1-2-4-17(16)28-19/h1-8,13H,9-12H2,(H,24,27). The number of anilines is 2. The van der Waals surface area contributed by atoms with E-state index in [1.165, 1.54) is 24.3 Å². The lowest BCUT2D eigenvalue weighted by Crippen LogP contribution is -2.38. The van der Waals surface area contributed by atoms with E-state index in [0.717, 1.165) is 11.1 Å². The Labute approximate surface area is 164 Å². The van der Waals surface area contributed by atoms with Crippen molar-refractivity contribution in [1.29, 1.82) is 0 Å². The number of alkyl halides is 3. The summed E-state index contributed by atoms with van der Waals surface area (Å²) in [6.07, 6.45) is -3.49. The fourth-order valence-corrected chi connectivity index (χ4v) is 3.31. The zero-order chi connectivity index (χ0) is 20.4. The molecule has 9 heteroatoms. The molecule has 0 unspecified atom stereocenters. The number of oxazole rings is 1. The Morgan fingerprint density at radius 3 is 2.45 bits per heavy atom. The smallest absolute Gasteiger partial charge is 0.423 e. The number of hydrogen-bond donors (Lipinski definition) is 1. The molecular weight excluding hydrogens is 387 g/mol. The molecule has 152 valence electrons. The Bertz CT molecular complexity index is 960. The summed E-state index contributed by atoms with van der Waals surface area (Å²) in [6.45, 7) is 1.26. The van der Waals surface area contributed by atoms with Crippen molar-refractivity contribution >= 4 is 28.7 Å². The first-order valence-corrected chi connectivity index (χ1v) is 9.14. The average Bonchev–Trinajstić information content (AvgIpc) is 3.13. The van der Waals surface area contributed by atoms with Gasteiger partial charge in [0.25, 0.3) is 6.01 Å². The second kappa shape index (κ2) is 7.65. The van der Waals surface area contributed by atoms with Gasteiger partial charge in [-0.3, -0.25) is 4.79 Å². The van der Waals surface area contributed by atoms with Crippen molar-refractivity contribution in [2.45, 2.75) is 19.2 Å². The Balaban J connectivity index is 1.32. The predicted octanol–water partition coefficient (Wildman–Crippen LogP) is 4.58. The summed E-state index contributed by atoms with van der Waals surface area (Å²) in [5.74, 6) is -0.685. The third-order valence-electron chi connectivity index (χ3n) is 4.77. The van der Waals surface area contributed by atoms with Gasteiger partial charge in [-0.15, -0.1) is 13.2 Å². The summed E-state index contributed by atoms with van der Waals surface area (Å²) >= 11 is 0. The van der Waals surface area contributed by atoms with Crippen molar-refractivity contribution in [3.05, 3.63) is 48.5 Å². The van der Waals surface area contributed by atoms with Crippen LogP contribution in [0.3, 0.4) is 0 Å². The van der Waals surface area contributed by atoms with Crippen LogP contribution in [0.5, 0.6) is 5.75 Å². The van der Waals surface area contributed by atoms with E-state index in [2.05, 4.69) is 15.0 Å². The van der Waals surface area contributed by atoms with E-state index in [1.54, 1.807) is 0 Å². The number of amides is 1. The number of carbonyl (C=O) groups is 1. The number of piperidine rings is 1. The minimum absolute atomic E-state index is 0.160. The maximum Gasteiger partial charge on any atom is 0.573 e. The number of ether oxygens (including phenoxy) is 1. The van der Waals surface area contributed by atoms with Crippen LogP contribution in [0.4, 0.5) is 24.9 Å². The molecule has 0 saturated carbocycles. The van der Waals surface area contributed by atoms with Crippen LogP contribution in [-0.2, 0) is 4.79 Å². The largest absolute Gasteiger partial charge is 0.573 e.